The summed E-state index contributed by atoms with van der Waals surface area (Å²) in [5.74, 6) is 0.828. The standard InChI is InChI=1S/C17H19NO5S/c1-12(19)13-5-8-15(9-6-13)24(20,21)18(2)14-7-10-16(22-3)17(11-14)23-4/h5-11H,1-4H3. The normalized spacial score (nSPS) is 11.0. The Kier molecular flexibility index (Phi) is 5.14. The van der Waals surface area contributed by atoms with Gasteiger partial charge in [-0.2, -0.15) is 0 Å². The molecule has 0 saturated carbocycles. The Morgan fingerprint density at radius 3 is 2.04 bits per heavy atom. The first kappa shape index (κ1) is 17.8. The molecular formula is C17H19NO5S. The van der Waals surface area contributed by atoms with Crippen molar-refractivity contribution in [1.29, 1.82) is 0 Å². The van der Waals surface area contributed by atoms with Crippen molar-refractivity contribution in [3.05, 3.63) is 48.0 Å². The van der Waals surface area contributed by atoms with Crippen LogP contribution in [0.4, 0.5) is 5.69 Å². The SMILES string of the molecule is COc1ccc(N(C)S(=O)(=O)c2ccc(C(C)=O)cc2)cc1OC. The number of carbonyl (C=O) groups excluding carboxylic acids is 1. The number of ether oxygens (including phenoxy) is 2. The first-order valence-corrected chi connectivity index (χ1v) is 8.57. The van der Waals surface area contributed by atoms with Crippen LogP contribution in [0.15, 0.2) is 47.4 Å². The van der Waals surface area contributed by atoms with Crippen LogP contribution in [0, 0.1) is 0 Å². The van der Waals surface area contributed by atoms with E-state index in [-0.39, 0.29) is 10.7 Å². The van der Waals surface area contributed by atoms with Crippen molar-refractivity contribution >= 4 is 21.5 Å². The minimum Gasteiger partial charge on any atom is -0.493 e. The third kappa shape index (κ3) is 3.35. The Morgan fingerprint density at radius 2 is 1.54 bits per heavy atom. The van der Waals surface area contributed by atoms with E-state index in [9.17, 15) is 13.2 Å². The Hall–Kier alpha value is -2.54. The number of hydrogen-bond acceptors (Lipinski definition) is 5. The van der Waals surface area contributed by atoms with Gasteiger partial charge in [0.05, 0.1) is 24.8 Å². The molecule has 6 nitrogen and oxygen atoms in total. The van der Waals surface area contributed by atoms with Crippen molar-refractivity contribution < 1.29 is 22.7 Å². The van der Waals surface area contributed by atoms with Crippen molar-refractivity contribution in [2.75, 3.05) is 25.6 Å². The van der Waals surface area contributed by atoms with Crippen molar-refractivity contribution in [3.8, 4) is 11.5 Å². The van der Waals surface area contributed by atoms with Gasteiger partial charge in [-0.05, 0) is 31.2 Å². The summed E-state index contributed by atoms with van der Waals surface area (Å²) in [5, 5.41) is 0. The first-order chi connectivity index (χ1) is 11.3. The highest BCUT2D eigenvalue weighted by Gasteiger charge is 2.22. The summed E-state index contributed by atoms with van der Waals surface area (Å²) >= 11 is 0. The van der Waals surface area contributed by atoms with Gasteiger partial charge in [-0.1, -0.05) is 12.1 Å². The summed E-state index contributed by atoms with van der Waals surface area (Å²) in [4.78, 5) is 11.4. The number of sulfonamides is 1. The average molecular weight is 349 g/mol. The molecule has 0 atom stereocenters. The van der Waals surface area contributed by atoms with Gasteiger partial charge in [-0.3, -0.25) is 9.10 Å². The number of methoxy groups -OCH3 is 2. The molecule has 2 aromatic rings. The zero-order valence-corrected chi connectivity index (χ0v) is 14.8. The maximum absolute atomic E-state index is 12.7. The fourth-order valence-electron chi connectivity index (χ4n) is 2.18. The van der Waals surface area contributed by atoms with E-state index in [1.165, 1.54) is 52.5 Å². The van der Waals surface area contributed by atoms with Crippen LogP contribution in [0.2, 0.25) is 0 Å². The molecule has 0 aromatic heterocycles. The van der Waals surface area contributed by atoms with Crippen LogP contribution in [-0.4, -0.2) is 35.5 Å². The molecule has 2 aromatic carbocycles. The third-order valence-electron chi connectivity index (χ3n) is 3.65. The van der Waals surface area contributed by atoms with Gasteiger partial charge in [0.25, 0.3) is 10.0 Å². The molecule has 0 fully saturated rings. The fourth-order valence-corrected chi connectivity index (χ4v) is 3.37. The second-order valence-electron chi connectivity index (χ2n) is 5.09. The summed E-state index contributed by atoms with van der Waals surface area (Å²) in [6.45, 7) is 1.43. The number of Topliss-reactive ketones (excluding diaryl/α,β-unsaturated/α-hetero) is 1. The van der Waals surface area contributed by atoms with Crippen LogP contribution in [0.5, 0.6) is 11.5 Å². The van der Waals surface area contributed by atoms with Gasteiger partial charge in [-0.15, -0.1) is 0 Å². The highest BCUT2D eigenvalue weighted by molar-refractivity contribution is 7.92. The zero-order valence-electron chi connectivity index (χ0n) is 13.9. The van der Waals surface area contributed by atoms with Crippen LogP contribution in [-0.2, 0) is 10.0 Å². The largest absolute Gasteiger partial charge is 0.493 e. The van der Waals surface area contributed by atoms with Gasteiger partial charge >= 0.3 is 0 Å². The molecule has 0 radical (unpaired) electrons. The minimum atomic E-state index is -3.75. The molecule has 0 spiro atoms. The summed E-state index contributed by atoms with van der Waals surface area (Å²) in [6.07, 6.45) is 0. The van der Waals surface area contributed by atoms with Crippen molar-refractivity contribution in [1.82, 2.24) is 0 Å². The Balaban J connectivity index is 2.40. The fraction of sp³-hybridized carbons (Fsp3) is 0.235. The van der Waals surface area contributed by atoms with E-state index in [0.29, 0.717) is 22.7 Å². The lowest BCUT2D eigenvalue weighted by molar-refractivity contribution is 0.101. The van der Waals surface area contributed by atoms with E-state index in [1.54, 1.807) is 18.2 Å². The number of benzene rings is 2. The summed E-state index contributed by atoms with van der Waals surface area (Å²) < 4.78 is 37.0. The van der Waals surface area contributed by atoms with Gasteiger partial charge < -0.3 is 9.47 Å². The number of ketones is 1. The molecule has 0 saturated heterocycles. The Bertz CT molecular complexity index is 844. The molecule has 0 aliphatic rings. The topological polar surface area (TPSA) is 72.9 Å². The van der Waals surface area contributed by atoms with Gasteiger partial charge in [0.1, 0.15) is 0 Å². The predicted octanol–water partition coefficient (Wildman–Crippen LogP) is 2.73. The zero-order chi connectivity index (χ0) is 17.9. The molecule has 0 bridgehead atoms. The molecule has 0 aliphatic carbocycles. The number of carbonyl (C=O) groups is 1. The maximum atomic E-state index is 12.7. The van der Waals surface area contributed by atoms with Crippen LogP contribution in [0.25, 0.3) is 0 Å². The van der Waals surface area contributed by atoms with Gasteiger partial charge in [-0.25, -0.2) is 8.42 Å². The molecule has 24 heavy (non-hydrogen) atoms. The summed E-state index contributed by atoms with van der Waals surface area (Å²) in [7, 11) is 0.692. The van der Waals surface area contributed by atoms with E-state index in [2.05, 4.69) is 0 Å². The van der Waals surface area contributed by atoms with Crippen molar-refractivity contribution in [3.63, 3.8) is 0 Å². The highest BCUT2D eigenvalue weighted by Crippen LogP contribution is 2.33. The first-order valence-electron chi connectivity index (χ1n) is 7.13. The van der Waals surface area contributed by atoms with E-state index in [4.69, 9.17) is 9.47 Å². The van der Waals surface area contributed by atoms with Crippen LogP contribution >= 0.6 is 0 Å². The molecule has 0 heterocycles. The van der Waals surface area contributed by atoms with E-state index in [1.807, 2.05) is 0 Å². The summed E-state index contributed by atoms with van der Waals surface area (Å²) in [5.41, 5.74) is 0.894. The monoisotopic (exact) mass is 349 g/mol. The lowest BCUT2D eigenvalue weighted by atomic mass is 10.2. The second-order valence-corrected chi connectivity index (χ2v) is 7.06. The number of anilines is 1. The maximum Gasteiger partial charge on any atom is 0.264 e. The molecule has 2 rings (SSSR count). The number of rotatable bonds is 6. The predicted molar refractivity (Wildman–Crippen MR) is 91.6 cm³/mol. The quantitative estimate of drug-likeness (QED) is 0.750. The second kappa shape index (κ2) is 6.92. The van der Waals surface area contributed by atoms with Crippen molar-refractivity contribution in [2.45, 2.75) is 11.8 Å². The molecule has 128 valence electrons. The highest BCUT2D eigenvalue weighted by atomic mass is 32.2. The third-order valence-corrected chi connectivity index (χ3v) is 5.45. The Morgan fingerprint density at radius 1 is 0.958 bits per heavy atom. The van der Waals surface area contributed by atoms with Crippen molar-refractivity contribution in [2.24, 2.45) is 0 Å². The van der Waals surface area contributed by atoms with Crippen LogP contribution in [0.1, 0.15) is 17.3 Å². The Labute approximate surface area is 141 Å². The number of hydrogen-bond donors (Lipinski definition) is 0. The average Bonchev–Trinajstić information content (AvgIpc) is 2.60. The van der Waals surface area contributed by atoms with E-state index < -0.39 is 10.0 Å². The van der Waals surface area contributed by atoms with Gasteiger partial charge in [0, 0.05) is 18.7 Å². The molecule has 0 unspecified atom stereocenters. The van der Waals surface area contributed by atoms with Crippen LogP contribution in [0.3, 0.4) is 0 Å². The van der Waals surface area contributed by atoms with Gasteiger partial charge in [0.2, 0.25) is 0 Å². The van der Waals surface area contributed by atoms with Gasteiger partial charge in [0.15, 0.2) is 17.3 Å². The minimum absolute atomic E-state index is 0.102. The molecule has 0 N–H and O–H groups in total. The summed E-state index contributed by atoms with van der Waals surface area (Å²) in [6, 6.07) is 10.7. The van der Waals surface area contributed by atoms with Crippen LogP contribution < -0.4 is 13.8 Å². The lowest BCUT2D eigenvalue weighted by Crippen LogP contribution is -2.26. The molecular weight excluding hydrogens is 330 g/mol. The molecule has 7 heteroatoms. The number of nitrogens with zero attached hydrogens (tertiary/aromatic N) is 1. The van der Waals surface area contributed by atoms with E-state index >= 15 is 0 Å². The smallest absolute Gasteiger partial charge is 0.264 e. The van der Waals surface area contributed by atoms with E-state index in [0.717, 1.165) is 4.31 Å². The molecule has 0 aliphatic heterocycles. The molecule has 0 amide bonds. The lowest BCUT2D eigenvalue weighted by Gasteiger charge is -2.21.